The lowest BCUT2D eigenvalue weighted by Crippen LogP contribution is -3.02. The maximum absolute atomic E-state index is 13.8. The molecule has 2 fully saturated rings. The van der Waals surface area contributed by atoms with E-state index >= 15 is 0 Å². The molecule has 0 radical (unpaired) electrons. The summed E-state index contributed by atoms with van der Waals surface area (Å²) in [4.78, 5) is 13.8. The van der Waals surface area contributed by atoms with Crippen molar-refractivity contribution in [3.8, 4) is 0 Å². The number of carbonyl (C=O) groups is 1. The number of fused-ring (bicyclic) bond motifs is 2. The predicted octanol–water partition coefficient (Wildman–Crippen LogP) is 4.94. The third-order valence-corrected chi connectivity index (χ3v) is 8.70. The zero-order valence-electron chi connectivity index (χ0n) is 18.7. The number of carbonyl (C=O) groups excluding carboxylic acids is 1. The van der Waals surface area contributed by atoms with E-state index in [-0.39, 0.29) is 16.9 Å². The van der Waals surface area contributed by atoms with E-state index in [1.807, 2.05) is 0 Å². The lowest BCUT2D eigenvalue weighted by atomic mass is 9.70. The molecule has 0 unspecified atom stereocenters. The summed E-state index contributed by atoms with van der Waals surface area (Å²) in [5.41, 5.74) is 2.97. The lowest BCUT2D eigenvalue weighted by Gasteiger charge is -2.37. The van der Waals surface area contributed by atoms with Crippen molar-refractivity contribution in [3.05, 3.63) is 108 Å². The Labute approximate surface area is 185 Å². The van der Waals surface area contributed by atoms with Gasteiger partial charge in [0.2, 0.25) is 0 Å². The average molecular weight is 411 g/mol. The smallest absolute Gasteiger partial charge is 0.196 e. The number of hydrogen-bond donors (Lipinski definition) is 1. The van der Waals surface area contributed by atoms with Gasteiger partial charge in [-0.3, -0.25) is 4.79 Å². The maximum Gasteiger partial charge on any atom is 0.196 e. The SMILES string of the molecule is CC1(C)[C@@H]2CC[C@]1(C)C(=O)[C@@H]2[NH2+]C(c1ccccc1)(c1ccccc1)c1ccccc1. The standard InChI is InChI=1S/C29H31NO/c1-27(2)24-19-20-28(27,3)26(31)25(24)30-29(21-13-7-4-8-14-21,22-15-9-5-10-16-22)23-17-11-6-12-18-23/h4-18,24-25,30H,19-20H2,1-3H3/p+1/t24-,25-,28-/m1/s1. The van der Waals surface area contributed by atoms with Gasteiger partial charge in [0, 0.05) is 28.0 Å². The van der Waals surface area contributed by atoms with Crippen LogP contribution in [0.15, 0.2) is 91.0 Å². The van der Waals surface area contributed by atoms with Gasteiger partial charge in [0.05, 0.1) is 0 Å². The number of rotatable bonds is 5. The first-order valence-corrected chi connectivity index (χ1v) is 11.5. The first-order chi connectivity index (χ1) is 14.9. The lowest BCUT2D eigenvalue weighted by molar-refractivity contribution is -0.741. The van der Waals surface area contributed by atoms with Crippen LogP contribution in [0.5, 0.6) is 0 Å². The molecule has 158 valence electrons. The van der Waals surface area contributed by atoms with Crippen LogP contribution < -0.4 is 5.32 Å². The average Bonchev–Trinajstić information content (AvgIpc) is 3.12. The van der Waals surface area contributed by atoms with Crippen molar-refractivity contribution in [2.24, 2.45) is 16.7 Å². The number of nitrogens with two attached hydrogens (primary N) is 1. The fourth-order valence-corrected chi connectivity index (χ4v) is 6.51. The summed E-state index contributed by atoms with van der Waals surface area (Å²) < 4.78 is 0. The molecule has 5 rings (SSSR count). The molecule has 0 amide bonds. The molecule has 3 aromatic carbocycles. The number of quaternary nitrogens is 1. The Morgan fingerprint density at radius 2 is 1.16 bits per heavy atom. The molecule has 2 nitrogen and oxygen atoms in total. The van der Waals surface area contributed by atoms with Crippen LogP contribution in [-0.2, 0) is 10.3 Å². The fourth-order valence-electron chi connectivity index (χ4n) is 6.51. The second kappa shape index (κ2) is 7.17. The van der Waals surface area contributed by atoms with E-state index in [4.69, 9.17) is 0 Å². The Bertz CT molecular complexity index is 977. The molecule has 0 spiro atoms. The summed E-state index contributed by atoms with van der Waals surface area (Å²) in [6.45, 7) is 6.83. The van der Waals surface area contributed by atoms with Gasteiger partial charge in [-0.2, -0.15) is 0 Å². The summed E-state index contributed by atoms with van der Waals surface area (Å²) in [7, 11) is 0. The van der Waals surface area contributed by atoms with Gasteiger partial charge < -0.3 is 5.32 Å². The Hall–Kier alpha value is -2.71. The Kier molecular flexibility index (Phi) is 4.67. The summed E-state index contributed by atoms with van der Waals surface area (Å²) in [6, 6.07) is 32.1. The summed E-state index contributed by atoms with van der Waals surface area (Å²) in [5.74, 6) is 0.821. The van der Waals surface area contributed by atoms with Gasteiger partial charge in [0.15, 0.2) is 17.4 Å². The van der Waals surface area contributed by atoms with Crippen molar-refractivity contribution in [3.63, 3.8) is 0 Å². The van der Waals surface area contributed by atoms with Crippen LogP contribution in [0, 0.1) is 16.7 Å². The second-order valence-corrected chi connectivity index (χ2v) is 10.2. The van der Waals surface area contributed by atoms with Gasteiger partial charge in [-0.15, -0.1) is 0 Å². The van der Waals surface area contributed by atoms with E-state index in [0.717, 1.165) is 12.8 Å². The van der Waals surface area contributed by atoms with E-state index in [1.165, 1.54) is 16.7 Å². The van der Waals surface area contributed by atoms with Crippen molar-refractivity contribution in [1.29, 1.82) is 0 Å². The van der Waals surface area contributed by atoms with E-state index in [1.54, 1.807) is 0 Å². The van der Waals surface area contributed by atoms with Gasteiger partial charge in [0.1, 0.15) is 0 Å². The van der Waals surface area contributed by atoms with E-state index in [9.17, 15) is 4.79 Å². The van der Waals surface area contributed by atoms with Crippen molar-refractivity contribution in [1.82, 2.24) is 0 Å². The van der Waals surface area contributed by atoms with Gasteiger partial charge in [-0.25, -0.2) is 0 Å². The van der Waals surface area contributed by atoms with Gasteiger partial charge >= 0.3 is 0 Å². The van der Waals surface area contributed by atoms with Crippen molar-refractivity contribution in [2.75, 3.05) is 0 Å². The summed E-state index contributed by atoms with van der Waals surface area (Å²) in [5, 5.41) is 2.41. The van der Waals surface area contributed by atoms with Crippen LogP contribution in [0.25, 0.3) is 0 Å². The molecule has 2 aliphatic carbocycles. The minimum Gasteiger partial charge on any atom is -0.321 e. The first kappa shape index (κ1) is 20.2. The number of ketones is 1. The first-order valence-electron chi connectivity index (χ1n) is 11.5. The van der Waals surface area contributed by atoms with E-state index in [0.29, 0.717) is 11.7 Å². The highest BCUT2D eigenvalue weighted by Gasteiger charge is 2.69. The largest absolute Gasteiger partial charge is 0.321 e. The molecular weight excluding hydrogens is 378 g/mol. The van der Waals surface area contributed by atoms with Crippen molar-refractivity contribution in [2.45, 2.75) is 45.2 Å². The van der Waals surface area contributed by atoms with Gasteiger partial charge in [0.25, 0.3) is 0 Å². The molecule has 2 saturated carbocycles. The quantitative estimate of drug-likeness (QED) is 0.594. The third-order valence-electron chi connectivity index (χ3n) is 8.70. The van der Waals surface area contributed by atoms with Crippen LogP contribution in [0.1, 0.15) is 50.3 Å². The van der Waals surface area contributed by atoms with Crippen LogP contribution in [0.4, 0.5) is 0 Å². The minimum atomic E-state index is -0.471. The second-order valence-electron chi connectivity index (χ2n) is 10.2. The van der Waals surface area contributed by atoms with Crippen molar-refractivity contribution >= 4 is 5.78 Å². The minimum absolute atomic E-state index is 0.0288. The van der Waals surface area contributed by atoms with E-state index < -0.39 is 5.54 Å². The zero-order valence-corrected chi connectivity index (χ0v) is 18.7. The van der Waals surface area contributed by atoms with Crippen LogP contribution in [0.3, 0.4) is 0 Å². The molecule has 3 aromatic rings. The molecule has 0 saturated heterocycles. The topological polar surface area (TPSA) is 33.7 Å². The molecule has 3 atom stereocenters. The highest BCUT2D eigenvalue weighted by Crippen LogP contribution is 2.63. The summed E-state index contributed by atoms with van der Waals surface area (Å²) in [6.07, 6.45) is 2.15. The molecule has 2 aliphatic rings. The number of hydrogen-bond acceptors (Lipinski definition) is 1. The molecule has 0 heterocycles. The third kappa shape index (κ3) is 2.78. The Morgan fingerprint density at radius 3 is 1.52 bits per heavy atom. The highest BCUT2D eigenvalue weighted by molar-refractivity contribution is 5.93. The molecular formula is C29H32NO+. The van der Waals surface area contributed by atoms with Crippen LogP contribution in [0.2, 0.25) is 0 Å². The van der Waals surface area contributed by atoms with Crippen LogP contribution >= 0.6 is 0 Å². The summed E-state index contributed by atoms with van der Waals surface area (Å²) >= 11 is 0. The molecule has 31 heavy (non-hydrogen) atoms. The predicted molar refractivity (Wildman–Crippen MR) is 125 cm³/mol. The molecule has 2 bridgehead atoms. The number of benzene rings is 3. The molecule has 2 heteroatoms. The molecule has 2 N–H and O–H groups in total. The zero-order chi connectivity index (χ0) is 21.7. The van der Waals surface area contributed by atoms with E-state index in [2.05, 4.69) is 117 Å². The molecule has 0 aromatic heterocycles. The van der Waals surface area contributed by atoms with Gasteiger partial charge in [-0.1, -0.05) is 112 Å². The Morgan fingerprint density at radius 1 is 0.742 bits per heavy atom. The monoisotopic (exact) mass is 410 g/mol. The number of Topliss-reactive ketones (excluding diaryl/α,β-unsaturated/α-hetero) is 1. The maximum atomic E-state index is 13.8. The van der Waals surface area contributed by atoms with Gasteiger partial charge in [-0.05, 0) is 18.3 Å². The Balaban J connectivity index is 1.73. The van der Waals surface area contributed by atoms with Crippen molar-refractivity contribution < 1.29 is 10.1 Å². The normalized spacial score (nSPS) is 26.9. The molecule has 0 aliphatic heterocycles. The van der Waals surface area contributed by atoms with Crippen LogP contribution in [-0.4, -0.2) is 11.8 Å². The fraction of sp³-hybridized carbons (Fsp3) is 0.345. The highest BCUT2D eigenvalue weighted by atomic mass is 16.1.